The molecule has 1 atom stereocenters. The Morgan fingerprint density at radius 1 is 1.29 bits per heavy atom. The topological polar surface area (TPSA) is 64.8 Å². The highest BCUT2D eigenvalue weighted by atomic mass is 16.6. The second kappa shape index (κ2) is 6.95. The van der Waals surface area contributed by atoms with Crippen molar-refractivity contribution < 1.29 is 18.8 Å². The molecule has 1 amide bonds. The van der Waals surface area contributed by atoms with Crippen LogP contribution >= 0.6 is 0 Å². The van der Waals surface area contributed by atoms with Crippen LogP contribution in [0.15, 0.2) is 28.8 Å². The number of aryl methyl sites for hydroxylation is 2. The molecular weight excluding hydrogens is 308 g/mol. The van der Waals surface area contributed by atoms with Gasteiger partial charge in [0.2, 0.25) is 0 Å². The fraction of sp³-hybridized carbons (Fsp3) is 0.444. The molecule has 0 aliphatic carbocycles. The maximum Gasteiger partial charge on any atom is 0.259 e. The van der Waals surface area contributed by atoms with Gasteiger partial charge in [-0.1, -0.05) is 24.2 Å². The molecule has 1 aromatic carbocycles. The first kappa shape index (κ1) is 16.4. The van der Waals surface area contributed by atoms with Crippen LogP contribution in [0.25, 0.3) is 0 Å². The Morgan fingerprint density at radius 2 is 2.04 bits per heavy atom. The van der Waals surface area contributed by atoms with E-state index in [2.05, 4.69) is 5.16 Å². The Kier molecular flexibility index (Phi) is 4.74. The maximum absolute atomic E-state index is 12.9. The molecule has 6 heteroatoms. The van der Waals surface area contributed by atoms with Crippen molar-refractivity contribution in [3.8, 4) is 11.5 Å². The standard InChI is InChI=1S/C18H22N2O4/c1-4-14-17(12(3)19-24-14)18(21)20(5-2)10-13-11-22-15-8-6-7-9-16(15)23-13/h6-9,13H,4-5,10-11H2,1-3H3. The molecule has 6 nitrogen and oxygen atoms in total. The summed E-state index contributed by atoms with van der Waals surface area (Å²) in [6.07, 6.45) is 0.435. The molecule has 0 saturated heterocycles. The molecule has 24 heavy (non-hydrogen) atoms. The van der Waals surface area contributed by atoms with Gasteiger partial charge in [-0.2, -0.15) is 0 Å². The van der Waals surface area contributed by atoms with Crippen LogP contribution in [0.5, 0.6) is 11.5 Å². The van der Waals surface area contributed by atoms with Gasteiger partial charge in [-0.15, -0.1) is 0 Å². The van der Waals surface area contributed by atoms with E-state index < -0.39 is 0 Å². The Morgan fingerprint density at radius 3 is 2.75 bits per heavy atom. The highest BCUT2D eigenvalue weighted by molar-refractivity contribution is 5.96. The quantitative estimate of drug-likeness (QED) is 0.843. The van der Waals surface area contributed by atoms with Gasteiger partial charge in [0.1, 0.15) is 17.9 Å². The predicted octanol–water partition coefficient (Wildman–Crippen LogP) is 2.85. The van der Waals surface area contributed by atoms with E-state index in [-0.39, 0.29) is 12.0 Å². The van der Waals surface area contributed by atoms with E-state index in [4.69, 9.17) is 14.0 Å². The molecule has 0 N–H and O–H groups in total. The molecule has 1 aliphatic rings. The smallest absolute Gasteiger partial charge is 0.259 e. The summed E-state index contributed by atoms with van der Waals surface area (Å²) in [6.45, 7) is 7.14. The van der Waals surface area contributed by atoms with Crippen LogP contribution in [-0.2, 0) is 6.42 Å². The number of carbonyl (C=O) groups is 1. The zero-order chi connectivity index (χ0) is 17.1. The van der Waals surface area contributed by atoms with Crippen LogP contribution < -0.4 is 9.47 Å². The Bertz CT molecular complexity index is 726. The second-order valence-electron chi connectivity index (χ2n) is 5.76. The number of aromatic nitrogens is 1. The van der Waals surface area contributed by atoms with E-state index >= 15 is 0 Å². The number of nitrogens with zero attached hydrogens (tertiary/aromatic N) is 2. The lowest BCUT2D eigenvalue weighted by atomic mass is 10.1. The number of ether oxygens (including phenoxy) is 2. The molecule has 0 bridgehead atoms. The minimum Gasteiger partial charge on any atom is -0.486 e. The zero-order valence-electron chi connectivity index (χ0n) is 14.2. The van der Waals surface area contributed by atoms with Crippen LogP contribution in [0.3, 0.4) is 0 Å². The molecule has 2 heterocycles. The van der Waals surface area contributed by atoms with Gasteiger partial charge in [0.05, 0.1) is 12.2 Å². The molecule has 3 rings (SSSR count). The lowest BCUT2D eigenvalue weighted by molar-refractivity contribution is 0.0473. The molecular formula is C18H22N2O4. The average molecular weight is 330 g/mol. The van der Waals surface area contributed by atoms with E-state index in [0.29, 0.717) is 48.9 Å². The lowest BCUT2D eigenvalue weighted by Crippen LogP contribution is -2.43. The molecule has 1 unspecified atom stereocenters. The molecule has 1 aromatic heterocycles. The molecule has 0 fully saturated rings. The first-order chi connectivity index (χ1) is 11.6. The number of amides is 1. The van der Waals surface area contributed by atoms with E-state index in [0.717, 1.165) is 5.75 Å². The SMILES string of the molecule is CCc1onc(C)c1C(=O)N(CC)CC1COc2ccccc2O1. The summed E-state index contributed by atoms with van der Waals surface area (Å²) in [5.41, 5.74) is 1.19. The lowest BCUT2D eigenvalue weighted by Gasteiger charge is -2.30. The number of para-hydroxylation sites is 2. The molecule has 2 aromatic rings. The minimum atomic E-state index is -0.200. The third-order valence-corrected chi connectivity index (χ3v) is 4.13. The monoisotopic (exact) mass is 330 g/mol. The van der Waals surface area contributed by atoms with Gasteiger partial charge in [-0.05, 0) is 26.0 Å². The third-order valence-electron chi connectivity index (χ3n) is 4.13. The second-order valence-corrected chi connectivity index (χ2v) is 5.76. The van der Waals surface area contributed by atoms with Crippen molar-refractivity contribution in [2.24, 2.45) is 0 Å². The van der Waals surface area contributed by atoms with Gasteiger partial charge in [0, 0.05) is 13.0 Å². The fourth-order valence-corrected chi connectivity index (χ4v) is 2.84. The van der Waals surface area contributed by atoms with Crippen molar-refractivity contribution in [2.75, 3.05) is 19.7 Å². The van der Waals surface area contributed by atoms with Gasteiger partial charge in [0.15, 0.2) is 17.6 Å². The van der Waals surface area contributed by atoms with Crippen LogP contribution in [0.4, 0.5) is 0 Å². The van der Waals surface area contributed by atoms with Crippen molar-refractivity contribution in [1.82, 2.24) is 10.1 Å². The number of likely N-dealkylation sites (N-methyl/N-ethyl adjacent to an activating group) is 1. The molecule has 0 radical (unpaired) electrons. The minimum absolute atomic E-state index is 0.0736. The normalized spacial score (nSPS) is 16.0. The first-order valence-electron chi connectivity index (χ1n) is 8.26. The Balaban J connectivity index is 1.73. The summed E-state index contributed by atoms with van der Waals surface area (Å²) in [4.78, 5) is 14.6. The highest BCUT2D eigenvalue weighted by Gasteiger charge is 2.28. The van der Waals surface area contributed by atoms with Gasteiger partial charge in [0.25, 0.3) is 5.91 Å². The maximum atomic E-state index is 12.9. The number of fused-ring (bicyclic) bond motifs is 1. The van der Waals surface area contributed by atoms with E-state index in [1.165, 1.54) is 0 Å². The highest BCUT2D eigenvalue weighted by Crippen LogP contribution is 2.31. The zero-order valence-corrected chi connectivity index (χ0v) is 14.2. The summed E-state index contributed by atoms with van der Waals surface area (Å²) in [5.74, 6) is 2.01. The summed E-state index contributed by atoms with van der Waals surface area (Å²) in [7, 11) is 0. The van der Waals surface area contributed by atoms with Gasteiger partial charge >= 0.3 is 0 Å². The van der Waals surface area contributed by atoms with Crippen LogP contribution in [0, 0.1) is 6.92 Å². The molecule has 1 aliphatic heterocycles. The number of rotatable bonds is 5. The fourth-order valence-electron chi connectivity index (χ4n) is 2.84. The molecule has 0 spiro atoms. The van der Waals surface area contributed by atoms with Crippen LogP contribution in [-0.4, -0.2) is 41.8 Å². The van der Waals surface area contributed by atoms with Crippen molar-refractivity contribution in [2.45, 2.75) is 33.3 Å². The van der Waals surface area contributed by atoms with Gasteiger partial charge < -0.3 is 18.9 Å². The Labute approximate surface area is 141 Å². The molecule has 0 saturated carbocycles. The summed E-state index contributed by atoms with van der Waals surface area (Å²) in [6, 6.07) is 7.56. The van der Waals surface area contributed by atoms with E-state index in [9.17, 15) is 4.79 Å². The predicted molar refractivity (Wildman–Crippen MR) is 88.5 cm³/mol. The van der Waals surface area contributed by atoms with Crippen molar-refractivity contribution in [1.29, 1.82) is 0 Å². The number of hydrogen-bond donors (Lipinski definition) is 0. The Hall–Kier alpha value is -2.50. The number of hydrogen-bond acceptors (Lipinski definition) is 5. The summed E-state index contributed by atoms with van der Waals surface area (Å²) < 4.78 is 16.9. The number of benzene rings is 1. The average Bonchev–Trinajstić information content (AvgIpc) is 2.99. The van der Waals surface area contributed by atoms with Gasteiger partial charge in [-0.25, -0.2) is 0 Å². The summed E-state index contributed by atoms with van der Waals surface area (Å²) >= 11 is 0. The van der Waals surface area contributed by atoms with E-state index in [1.807, 2.05) is 38.1 Å². The number of carbonyl (C=O) groups excluding carboxylic acids is 1. The van der Waals surface area contributed by atoms with Crippen LogP contribution in [0.1, 0.15) is 35.7 Å². The van der Waals surface area contributed by atoms with Crippen LogP contribution in [0.2, 0.25) is 0 Å². The first-order valence-corrected chi connectivity index (χ1v) is 8.26. The van der Waals surface area contributed by atoms with E-state index in [1.54, 1.807) is 11.8 Å². The third kappa shape index (κ3) is 3.09. The molecule has 128 valence electrons. The van der Waals surface area contributed by atoms with Gasteiger partial charge in [-0.3, -0.25) is 4.79 Å². The van der Waals surface area contributed by atoms with Crippen molar-refractivity contribution in [3.63, 3.8) is 0 Å². The van der Waals surface area contributed by atoms with Crippen molar-refractivity contribution in [3.05, 3.63) is 41.3 Å². The largest absolute Gasteiger partial charge is 0.486 e. The van der Waals surface area contributed by atoms with Crippen molar-refractivity contribution >= 4 is 5.91 Å². The summed E-state index contributed by atoms with van der Waals surface area (Å²) in [5, 5.41) is 3.92.